The number of benzene rings is 2. The molecule has 2 aromatic carbocycles. The Balaban J connectivity index is 2.12. The number of aliphatic hydroxyl groups is 1. The minimum Gasteiger partial charge on any atom is -0.395 e. The summed E-state index contributed by atoms with van der Waals surface area (Å²) < 4.78 is 0. The topological polar surface area (TPSA) is 61.4 Å². The van der Waals surface area contributed by atoms with Crippen molar-refractivity contribution in [1.29, 1.82) is 0 Å². The van der Waals surface area contributed by atoms with Gasteiger partial charge >= 0.3 is 0 Å². The van der Waals surface area contributed by atoms with E-state index in [-0.39, 0.29) is 25.1 Å². The maximum atomic E-state index is 12.0. The summed E-state index contributed by atoms with van der Waals surface area (Å²) in [4.78, 5) is 12.0. The predicted molar refractivity (Wildman–Crippen MR) is 93.6 cm³/mol. The number of nitrogens with one attached hydrogen (secondary N) is 2. The van der Waals surface area contributed by atoms with Crippen LogP contribution in [0.5, 0.6) is 0 Å². The summed E-state index contributed by atoms with van der Waals surface area (Å²) in [5.74, 6) is -0.172. The van der Waals surface area contributed by atoms with E-state index in [1.165, 1.54) is 5.56 Å². The first-order chi connectivity index (χ1) is 11.2. The van der Waals surface area contributed by atoms with Gasteiger partial charge in [-0.25, -0.2) is 0 Å². The molecule has 3 N–H and O–H groups in total. The average molecular weight is 312 g/mol. The Bertz CT molecular complexity index is 614. The molecular formula is C19H24N2O2. The van der Waals surface area contributed by atoms with Crippen molar-refractivity contribution in [2.45, 2.75) is 25.8 Å². The summed E-state index contributed by atoms with van der Waals surface area (Å²) >= 11 is 0. The number of hydrogen-bond acceptors (Lipinski definition) is 3. The van der Waals surface area contributed by atoms with E-state index in [2.05, 4.69) is 29.7 Å². The van der Waals surface area contributed by atoms with Crippen LogP contribution in [0.4, 0.5) is 5.69 Å². The van der Waals surface area contributed by atoms with Crippen molar-refractivity contribution in [3.8, 4) is 0 Å². The lowest BCUT2D eigenvalue weighted by atomic mass is 10.0. The monoisotopic (exact) mass is 312 g/mol. The fourth-order valence-electron chi connectivity index (χ4n) is 2.52. The van der Waals surface area contributed by atoms with Crippen molar-refractivity contribution in [3.05, 3.63) is 65.7 Å². The molecule has 1 atom stereocenters. The second-order valence-corrected chi connectivity index (χ2v) is 5.46. The van der Waals surface area contributed by atoms with Gasteiger partial charge in [-0.2, -0.15) is 0 Å². The van der Waals surface area contributed by atoms with Crippen molar-refractivity contribution < 1.29 is 9.90 Å². The molecule has 0 bridgehead atoms. The second-order valence-electron chi connectivity index (χ2n) is 5.46. The molecule has 1 amide bonds. The molecule has 0 saturated heterocycles. The first-order valence-electron chi connectivity index (χ1n) is 8.05. The Hall–Kier alpha value is -2.33. The van der Waals surface area contributed by atoms with Crippen LogP contribution in [0.1, 0.15) is 41.7 Å². The predicted octanol–water partition coefficient (Wildman–Crippen LogP) is 3.36. The molecule has 0 aromatic heterocycles. The zero-order valence-corrected chi connectivity index (χ0v) is 13.5. The molecule has 23 heavy (non-hydrogen) atoms. The van der Waals surface area contributed by atoms with E-state index in [0.717, 1.165) is 18.5 Å². The molecule has 2 aromatic rings. The van der Waals surface area contributed by atoms with Gasteiger partial charge < -0.3 is 15.7 Å². The number of carbonyl (C=O) groups excluding carboxylic acids is 1. The summed E-state index contributed by atoms with van der Waals surface area (Å²) in [5, 5.41) is 15.0. The summed E-state index contributed by atoms with van der Waals surface area (Å²) in [6.07, 6.45) is 2.09. The number of carbonyl (C=O) groups is 1. The van der Waals surface area contributed by atoms with E-state index < -0.39 is 0 Å². The molecule has 0 radical (unpaired) electrons. The molecule has 4 heteroatoms. The van der Waals surface area contributed by atoms with E-state index in [1.807, 2.05) is 36.4 Å². The highest BCUT2D eigenvalue weighted by molar-refractivity contribution is 5.95. The van der Waals surface area contributed by atoms with E-state index in [0.29, 0.717) is 5.56 Å². The number of rotatable bonds is 8. The zero-order chi connectivity index (χ0) is 16.5. The van der Waals surface area contributed by atoms with Crippen molar-refractivity contribution in [3.63, 3.8) is 0 Å². The number of hydrogen-bond donors (Lipinski definition) is 3. The van der Waals surface area contributed by atoms with Crippen molar-refractivity contribution in [2.24, 2.45) is 0 Å². The fourth-order valence-corrected chi connectivity index (χ4v) is 2.52. The molecule has 2 rings (SSSR count). The molecule has 0 fully saturated rings. The molecule has 122 valence electrons. The third-order valence-electron chi connectivity index (χ3n) is 3.64. The van der Waals surface area contributed by atoms with Crippen LogP contribution in [0.3, 0.4) is 0 Å². The molecule has 1 unspecified atom stereocenters. The number of amides is 1. The first-order valence-corrected chi connectivity index (χ1v) is 8.05. The van der Waals surface area contributed by atoms with Gasteiger partial charge in [0, 0.05) is 17.8 Å². The fraction of sp³-hybridized carbons (Fsp3) is 0.316. The van der Waals surface area contributed by atoms with Gasteiger partial charge in [0.15, 0.2) is 0 Å². The minimum absolute atomic E-state index is 0.0593. The smallest absolute Gasteiger partial charge is 0.251 e. The van der Waals surface area contributed by atoms with Crippen LogP contribution in [0.2, 0.25) is 0 Å². The molecule has 0 aliphatic rings. The van der Waals surface area contributed by atoms with Crippen molar-refractivity contribution >= 4 is 11.6 Å². The van der Waals surface area contributed by atoms with Crippen LogP contribution in [-0.4, -0.2) is 24.2 Å². The largest absolute Gasteiger partial charge is 0.395 e. The average Bonchev–Trinajstić information content (AvgIpc) is 2.60. The van der Waals surface area contributed by atoms with Crippen molar-refractivity contribution in [1.82, 2.24) is 5.32 Å². The van der Waals surface area contributed by atoms with Gasteiger partial charge in [0.05, 0.1) is 12.6 Å². The highest BCUT2D eigenvalue weighted by Gasteiger charge is 2.11. The SMILES string of the molecule is CCCC(Nc1cccc(C(=O)NCCO)c1)c1ccccc1. The van der Waals surface area contributed by atoms with E-state index in [4.69, 9.17) is 5.11 Å². The van der Waals surface area contributed by atoms with Crippen LogP contribution in [0.25, 0.3) is 0 Å². The molecule has 0 saturated carbocycles. The van der Waals surface area contributed by atoms with Gasteiger partial charge in [-0.15, -0.1) is 0 Å². The Kier molecular flexibility index (Phi) is 6.63. The van der Waals surface area contributed by atoms with Crippen LogP contribution in [0.15, 0.2) is 54.6 Å². The number of aliphatic hydroxyl groups excluding tert-OH is 1. The third-order valence-corrected chi connectivity index (χ3v) is 3.64. The minimum atomic E-state index is -0.172. The number of anilines is 1. The van der Waals surface area contributed by atoms with E-state index in [9.17, 15) is 4.79 Å². The Morgan fingerprint density at radius 1 is 1.13 bits per heavy atom. The van der Waals surface area contributed by atoms with Crippen LogP contribution in [0, 0.1) is 0 Å². The molecule has 4 nitrogen and oxygen atoms in total. The molecule has 0 aliphatic carbocycles. The first kappa shape index (κ1) is 17.0. The molecule has 0 heterocycles. The zero-order valence-electron chi connectivity index (χ0n) is 13.5. The summed E-state index contributed by atoms with van der Waals surface area (Å²) in [6, 6.07) is 18.0. The van der Waals surface area contributed by atoms with Crippen molar-refractivity contribution in [2.75, 3.05) is 18.5 Å². The standard InChI is InChI=1S/C19H24N2O2/c1-2-7-18(15-8-4-3-5-9-15)21-17-11-6-10-16(14-17)19(23)20-12-13-22/h3-6,8-11,14,18,21-22H,2,7,12-13H2,1H3,(H,20,23). The summed E-state index contributed by atoms with van der Waals surface area (Å²) in [5.41, 5.74) is 2.75. The molecule has 0 aliphatic heterocycles. The van der Waals surface area contributed by atoms with Gasteiger partial charge in [-0.05, 0) is 30.2 Å². The van der Waals surface area contributed by atoms with Crippen LogP contribution in [-0.2, 0) is 0 Å². The van der Waals surface area contributed by atoms with Crippen LogP contribution >= 0.6 is 0 Å². The van der Waals surface area contributed by atoms with Gasteiger partial charge in [0.25, 0.3) is 5.91 Å². The maximum Gasteiger partial charge on any atom is 0.251 e. The second kappa shape index (κ2) is 8.96. The Morgan fingerprint density at radius 2 is 1.91 bits per heavy atom. The summed E-state index contributed by atoms with van der Waals surface area (Å²) in [6.45, 7) is 2.37. The van der Waals surface area contributed by atoms with Crippen LogP contribution < -0.4 is 10.6 Å². The Morgan fingerprint density at radius 3 is 2.61 bits per heavy atom. The third kappa shape index (κ3) is 5.11. The molecule has 0 spiro atoms. The highest BCUT2D eigenvalue weighted by Crippen LogP contribution is 2.24. The van der Waals surface area contributed by atoms with Gasteiger partial charge in [0.1, 0.15) is 0 Å². The van der Waals surface area contributed by atoms with E-state index in [1.54, 1.807) is 6.07 Å². The quantitative estimate of drug-likeness (QED) is 0.700. The Labute approximate surface area is 137 Å². The lowest BCUT2D eigenvalue weighted by Crippen LogP contribution is -2.26. The molecular weight excluding hydrogens is 288 g/mol. The highest BCUT2D eigenvalue weighted by atomic mass is 16.3. The van der Waals surface area contributed by atoms with Gasteiger partial charge in [-0.1, -0.05) is 49.7 Å². The lowest BCUT2D eigenvalue weighted by molar-refractivity contribution is 0.0945. The summed E-state index contributed by atoms with van der Waals surface area (Å²) in [7, 11) is 0. The van der Waals surface area contributed by atoms with E-state index >= 15 is 0 Å². The maximum absolute atomic E-state index is 12.0. The lowest BCUT2D eigenvalue weighted by Gasteiger charge is -2.20. The normalized spacial score (nSPS) is 11.7. The van der Waals surface area contributed by atoms with Gasteiger partial charge in [-0.3, -0.25) is 4.79 Å². The van der Waals surface area contributed by atoms with Gasteiger partial charge in [0.2, 0.25) is 0 Å².